The SMILES string of the molecule is C[C@H](CO)NC(=O)Nc1ccc(-c2nc(N3CCOC[C@@H]3C)cc(C(C)(C)S(C)(=O)=O)n2)cc1. The van der Waals surface area contributed by atoms with Crippen molar-refractivity contribution < 1.29 is 23.1 Å². The largest absolute Gasteiger partial charge is 0.394 e. The Bertz CT molecular complexity index is 1120. The van der Waals surface area contributed by atoms with Gasteiger partial charge in [-0.3, -0.25) is 0 Å². The van der Waals surface area contributed by atoms with Gasteiger partial charge in [-0.15, -0.1) is 0 Å². The second-order valence-electron chi connectivity index (χ2n) is 9.09. The highest BCUT2D eigenvalue weighted by Crippen LogP contribution is 2.32. The van der Waals surface area contributed by atoms with Gasteiger partial charge in [-0.1, -0.05) is 0 Å². The molecule has 0 unspecified atom stereocenters. The summed E-state index contributed by atoms with van der Waals surface area (Å²) in [5.74, 6) is 1.04. The van der Waals surface area contributed by atoms with Crippen LogP contribution in [0.3, 0.4) is 0 Å². The first-order chi connectivity index (χ1) is 15.9. The molecular formula is C23H33N5O5S. The van der Waals surface area contributed by atoms with E-state index in [1.165, 1.54) is 6.26 Å². The molecule has 1 aromatic heterocycles. The number of rotatable bonds is 7. The fraction of sp³-hybridized carbons (Fsp3) is 0.522. The zero-order chi connectivity index (χ0) is 25.1. The molecule has 0 spiro atoms. The van der Waals surface area contributed by atoms with E-state index < -0.39 is 20.6 Å². The summed E-state index contributed by atoms with van der Waals surface area (Å²) in [4.78, 5) is 23.5. The smallest absolute Gasteiger partial charge is 0.319 e. The van der Waals surface area contributed by atoms with Gasteiger partial charge in [0.15, 0.2) is 15.7 Å². The van der Waals surface area contributed by atoms with Crippen molar-refractivity contribution in [1.29, 1.82) is 0 Å². The number of benzene rings is 1. The molecule has 0 saturated carbocycles. The minimum absolute atomic E-state index is 0.0806. The number of aliphatic hydroxyl groups is 1. The lowest BCUT2D eigenvalue weighted by Gasteiger charge is -2.35. The first-order valence-corrected chi connectivity index (χ1v) is 13.0. The lowest BCUT2D eigenvalue weighted by atomic mass is 10.1. The van der Waals surface area contributed by atoms with Crippen LogP contribution in [0.25, 0.3) is 11.4 Å². The zero-order valence-electron chi connectivity index (χ0n) is 20.2. The molecule has 2 heterocycles. The molecule has 2 atom stereocenters. The topological polar surface area (TPSA) is 134 Å². The number of hydrogen-bond donors (Lipinski definition) is 3. The minimum Gasteiger partial charge on any atom is -0.394 e. The van der Waals surface area contributed by atoms with Crippen molar-refractivity contribution in [3.05, 3.63) is 36.0 Å². The van der Waals surface area contributed by atoms with Gasteiger partial charge in [0.05, 0.1) is 37.6 Å². The Morgan fingerprint density at radius 1 is 1.29 bits per heavy atom. The molecular weight excluding hydrogens is 458 g/mol. The number of anilines is 2. The molecule has 0 aliphatic carbocycles. The Morgan fingerprint density at radius 2 is 1.97 bits per heavy atom. The summed E-state index contributed by atoms with van der Waals surface area (Å²) in [6, 6.07) is 8.00. The van der Waals surface area contributed by atoms with Gasteiger partial charge >= 0.3 is 6.03 Å². The Morgan fingerprint density at radius 3 is 2.56 bits per heavy atom. The number of nitrogens with one attached hydrogen (secondary N) is 2. The van der Waals surface area contributed by atoms with Gasteiger partial charge in [-0.05, 0) is 52.0 Å². The molecule has 34 heavy (non-hydrogen) atoms. The van der Waals surface area contributed by atoms with Crippen LogP contribution in [-0.2, 0) is 19.3 Å². The number of sulfone groups is 1. The van der Waals surface area contributed by atoms with E-state index in [4.69, 9.17) is 14.8 Å². The van der Waals surface area contributed by atoms with Crippen molar-refractivity contribution in [1.82, 2.24) is 15.3 Å². The third kappa shape index (κ3) is 5.83. The molecule has 1 aliphatic heterocycles. The maximum Gasteiger partial charge on any atom is 0.319 e. The summed E-state index contributed by atoms with van der Waals surface area (Å²) in [6.45, 7) is 8.60. The Kier molecular flexibility index (Phi) is 7.79. The predicted molar refractivity (Wildman–Crippen MR) is 132 cm³/mol. The Hall–Kier alpha value is -2.76. The van der Waals surface area contributed by atoms with Crippen molar-refractivity contribution in [3.8, 4) is 11.4 Å². The number of carbonyl (C=O) groups is 1. The molecule has 1 saturated heterocycles. The Balaban J connectivity index is 1.97. The molecule has 3 N–H and O–H groups in total. The number of nitrogens with zero attached hydrogens (tertiary/aromatic N) is 3. The molecule has 0 bridgehead atoms. The molecule has 2 amide bonds. The molecule has 2 aromatic rings. The third-order valence-corrected chi connectivity index (χ3v) is 8.03. The highest BCUT2D eigenvalue weighted by molar-refractivity contribution is 7.91. The molecule has 186 valence electrons. The average molecular weight is 492 g/mol. The van der Waals surface area contributed by atoms with E-state index in [-0.39, 0.29) is 18.7 Å². The number of carbonyl (C=O) groups excluding carboxylic acids is 1. The van der Waals surface area contributed by atoms with E-state index in [0.717, 1.165) is 0 Å². The summed E-state index contributed by atoms with van der Waals surface area (Å²) in [7, 11) is -3.45. The van der Waals surface area contributed by atoms with Crippen LogP contribution in [0.15, 0.2) is 30.3 Å². The minimum atomic E-state index is -3.45. The highest BCUT2D eigenvalue weighted by atomic mass is 32.2. The van der Waals surface area contributed by atoms with Crippen LogP contribution < -0.4 is 15.5 Å². The van der Waals surface area contributed by atoms with E-state index in [1.54, 1.807) is 51.1 Å². The van der Waals surface area contributed by atoms with Crippen LogP contribution in [0.5, 0.6) is 0 Å². The van der Waals surface area contributed by atoms with E-state index in [9.17, 15) is 13.2 Å². The van der Waals surface area contributed by atoms with Gasteiger partial charge < -0.3 is 25.4 Å². The number of aromatic nitrogens is 2. The number of hydrogen-bond acceptors (Lipinski definition) is 8. The second kappa shape index (κ2) is 10.2. The third-order valence-electron chi connectivity index (χ3n) is 5.97. The fourth-order valence-electron chi connectivity index (χ4n) is 3.42. The molecule has 10 nitrogen and oxygen atoms in total. The van der Waals surface area contributed by atoms with Crippen molar-refractivity contribution in [2.75, 3.05) is 42.8 Å². The van der Waals surface area contributed by atoms with Crippen molar-refractivity contribution in [2.45, 2.75) is 44.5 Å². The van der Waals surface area contributed by atoms with E-state index >= 15 is 0 Å². The lowest BCUT2D eigenvalue weighted by Crippen LogP contribution is -2.44. The van der Waals surface area contributed by atoms with Crippen LogP contribution in [0.1, 0.15) is 33.4 Å². The molecule has 1 aromatic carbocycles. The van der Waals surface area contributed by atoms with Gasteiger partial charge in [0.25, 0.3) is 0 Å². The monoisotopic (exact) mass is 491 g/mol. The van der Waals surface area contributed by atoms with E-state index in [2.05, 4.69) is 20.5 Å². The number of amides is 2. The van der Waals surface area contributed by atoms with Crippen LogP contribution in [0.4, 0.5) is 16.3 Å². The molecule has 3 rings (SSSR count). The second-order valence-corrected chi connectivity index (χ2v) is 11.7. The predicted octanol–water partition coefficient (Wildman–Crippen LogP) is 2.15. The molecule has 1 fully saturated rings. The van der Waals surface area contributed by atoms with Crippen LogP contribution in [0.2, 0.25) is 0 Å². The summed E-state index contributed by atoms with van der Waals surface area (Å²) < 4.78 is 29.4. The molecule has 11 heteroatoms. The standard InChI is InChI=1S/C23H33N5O5S/c1-15(13-29)24-22(30)25-18-8-6-17(7-9-18)21-26-19(23(3,4)34(5,31)32)12-20(27-21)28-10-11-33-14-16(28)2/h6-9,12,15-16,29H,10-11,13-14H2,1-5H3,(H2,24,25,30)/t15-,16+/m1/s1. The first-order valence-electron chi connectivity index (χ1n) is 11.1. The van der Waals surface area contributed by atoms with Crippen molar-refractivity contribution in [2.24, 2.45) is 0 Å². The summed E-state index contributed by atoms with van der Waals surface area (Å²) in [6.07, 6.45) is 1.20. The van der Waals surface area contributed by atoms with Gasteiger partial charge in [0.1, 0.15) is 10.6 Å². The maximum absolute atomic E-state index is 12.5. The van der Waals surface area contributed by atoms with Crippen LogP contribution in [-0.4, -0.2) is 74.2 Å². The molecule has 0 radical (unpaired) electrons. The summed E-state index contributed by atoms with van der Waals surface area (Å²) >= 11 is 0. The normalized spacial score (nSPS) is 17.8. The first kappa shape index (κ1) is 25.9. The summed E-state index contributed by atoms with van der Waals surface area (Å²) in [5, 5.41) is 14.4. The number of ether oxygens (including phenoxy) is 1. The fourth-order valence-corrected chi connectivity index (χ4v) is 3.90. The van der Waals surface area contributed by atoms with Crippen molar-refractivity contribution >= 4 is 27.4 Å². The van der Waals surface area contributed by atoms with Crippen molar-refractivity contribution in [3.63, 3.8) is 0 Å². The van der Waals surface area contributed by atoms with E-state index in [1.807, 2.05) is 6.92 Å². The van der Waals surface area contributed by atoms with Gasteiger partial charge in [0, 0.05) is 30.1 Å². The van der Waals surface area contributed by atoms with Crippen LogP contribution in [0, 0.1) is 0 Å². The number of aliphatic hydroxyl groups excluding tert-OH is 1. The molecule has 1 aliphatic rings. The number of urea groups is 1. The number of morpholine rings is 1. The lowest BCUT2D eigenvalue weighted by molar-refractivity contribution is 0.0985. The van der Waals surface area contributed by atoms with Gasteiger partial charge in [-0.2, -0.15) is 0 Å². The quantitative estimate of drug-likeness (QED) is 0.536. The highest BCUT2D eigenvalue weighted by Gasteiger charge is 2.35. The summed E-state index contributed by atoms with van der Waals surface area (Å²) in [5.41, 5.74) is 1.65. The maximum atomic E-state index is 12.5. The van der Waals surface area contributed by atoms with Crippen LogP contribution >= 0.6 is 0 Å². The average Bonchev–Trinajstić information content (AvgIpc) is 2.78. The van der Waals surface area contributed by atoms with Gasteiger partial charge in [0.2, 0.25) is 0 Å². The van der Waals surface area contributed by atoms with Gasteiger partial charge in [-0.25, -0.2) is 23.2 Å². The zero-order valence-corrected chi connectivity index (χ0v) is 21.0. The Labute approximate surface area is 200 Å². The van der Waals surface area contributed by atoms with E-state index in [0.29, 0.717) is 48.3 Å².